The van der Waals surface area contributed by atoms with Crippen molar-refractivity contribution in [2.45, 2.75) is 32.5 Å². The summed E-state index contributed by atoms with van der Waals surface area (Å²) in [6.07, 6.45) is 0. The Bertz CT molecular complexity index is 575. The third-order valence-corrected chi connectivity index (χ3v) is 3.89. The van der Waals surface area contributed by atoms with Gasteiger partial charge in [-0.25, -0.2) is 0 Å². The fourth-order valence-electron chi connectivity index (χ4n) is 2.87. The summed E-state index contributed by atoms with van der Waals surface area (Å²) in [5, 5.41) is 3.65. The molecule has 1 heterocycles. The molecule has 2 heteroatoms. The van der Waals surface area contributed by atoms with Crippen LogP contribution in [0.1, 0.15) is 25.0 Å². The number of anilines is 1. The molecule has 0 unspecified atom stereocenters. The number of fused-ring (bicyclic) bond motifs is 1. The molecule has 0 fully saturated rings. The smallest absolute Gasteiger partial charge is 0.0430 e. The van der Waals surface area contributed by atoms with Crippen molar-refractivity contribution in [3.05, 3.63) is 65.7 Å². The second kappa shape index (κ2) is 5.29. The van der Waals surface area contributed by atoms with E-state index in [0.717, 1.165) is 19.6 Å². The number of benzene rings is 2. The largest absolute Gasteiger partial charge is 0.365 e. The van der Waals surface area contributed by atoms with E-state index < -0.39 is 0 Å². The summed E-state index contributed by atoms with van der Waals surface area (Å²) >= 11 is 0. The Kier molecular flexibility index (Phi) is 3.49. The van der Waals surface area contributed by atoms with Gasteiger partial charge in [-0.05, 0) is 31.0 Å². The van der Waals surface area contributed by atoms with Gasteiger partial charge in [0.2, 0.25) is 0 Å². The Morgan fingerprint density at radius 2 is 1.70 bits per heavy atom. The first-order chi connectivity index (χ1) is 9.64. The van der Waals surface area contributed by atoms with E-state index in [0.29, 0.717) is 0 Å². The Balaban J connectivity index is 1.94. The first-order valence-corrected chi connectivity index (χ1v) is 7.26. The van der Waals surface area contributed by atoms with Gasteiger partial charge >= 0.3 is 0 Å². The molecule has 0 aromatic heterocycles. The van der Waals surface area contributed by atoms with Gasteiger partial charge in [0, 0.05) is 30.9 Å². The summed E-state index contributed by atoms with van der Waals surface area (Å²) in [4.78, 5) is 2.49. The zero-order chi connectivity index (χ0) is 14.0. The fourth-order valence-corrected chi connectivity index (χ4v) is 2.87. The molecular weight excluding hydrogens is 244 g/mol. The minimum atomic E-state index is 0.119. The molecule has 0 amide bonds. The lowest BCUT2D eigenvalue weighted by Crippen LogP contribution is -2.46. The number of nitrogens with one attached hydrogen (secondary N) is 1. The molecular formula is C18H22N2. The molecule has 20 heavy (non-hydrogen) atoms. The highest BCUT2D eigenvalue weighted by Crippen LogP contribution is 2.27. The Labute approximate surface area is 121 Å². The molecule has 104 valence electrons. The van der Waals surface area contributed by atoms with Crippen LogP contribution in [0, 0.1) is 0 Å². The highest BCUT2D eigenvalue weighted by atomic mass is 15.2. The Hall–Kier alpha value is -1.80. The van der Waals surface area contributed by atoms with Crippen LogP contribution in [0.4, 0.5) is 5.69 Å². The predicted molar refractivity (Wildman–Crippen MR) is 84.9 cm³/mol. The third kappa shape index (κ3) is 2.86. The van der Waals surface area contributed by atoms with Crippen molar-refractivity contribution in [1.29, 1.82) is 0 Å². The molecule has 1 aliphatic rings. The van der Waals surface area contributed by atoms with E-state index in [1.165, 1.54) is 16.8 Å². The SMILES string of the molecule is CC1(C)CN(Cc2ccccc2)c2ccccc2CN1. The van der Waals surface area contributed by atoms with Crippen molar-refractivity contribution in [3.8, 4) is 0 Å². The van der Waals surface area contributed by atoms with Gasteiger partial charge in [-0.15, -0.1) is 0 Å². The van der Waals surface area contributed by atoms with Gasteiger partial charge in [-0.1, -0.05) is 48.5 Å². The first kappa shape index (κ1) is 13.2. The van der Waals surface area contributed by atoms with Gasteiger partial charge in [0.15, 0.2) is 0 Å². The van der Waals surface area contributed by atoms with E-state index >= 15 is 0 Å². The molecule has 2 nitrogen and oxygen atoms in total. The van der Waals surface area contributed by atoms with E-state index in [4.69, 9.17) is 0 Å². The molecule has 0 saturated carbocycles. The minimum absolute atomic E-state index is 0.119. The topological polar surface area (TPSA) is 15.3 Å². The first-order valence-electron chi connectivity index (χ1n) is 7.26. The highest BCUT2D eigenvalue weighted by Gasteiger charge is 2.26. The molecule has 1 N–H and O–H groups in total. The number of para-hydroxylation sites is 1. The fraction of sp³-hybridized carbons (Fsp3) is 0.333. The normalized spacial score (nSPS) is 17.4. The summed E-state index contributed by atoms with van der Waals surface area (Å²) in [6, 6.07) is 19.4. The van der Waals surface area contributed by atoms with Crippen molar-refractivity contribution in [2.75, 3.05) is 11.4 Å². The summed E-state index contributed by atoms with van der Waals surface area (Å²) in [5.41, 5.74) is 4.22. The molecule has 0 spiro atoms. The monoisotopic (exact) mass is 266 g/mol. The van der Waals surface area contributed by atoms with Crippen molar-refractivity contribution < 1.29 is 0 Å². The van der Waals surface area contributed by atoms with Crippen molar-refractivity contribution in [1.82, 2.24) is 5.32 Å². The van der Waals surface area contributed by atoms with E-state index in [9.17, 15) is 0 Å². The maximum absolute atomic E-state index is 3.65. The van der Waals surface area contributed by atoms with Crippen LogP contribution < -0.4 is 10.2 Å². The molecule has 0 atom stereocenters. The third-order valence-electron chi connectivity index (χ3n) is 3.89. The molecule has 0 saturated heterocycles. The molecule has 1 aliphatic heterocycles. The van der Waals surface area contributed by atoms with Crippen molar-refractivity contribution >= 4 is 5.69 Å². The average molecular weight is 266 g/mol. The quantitative estimate of drug-likeness (QED) is 0.894. The molecule has 0 aliphatic carbocycles. The van der Waals surface area contributed by atoms with E-state index in [2.05, 4.69) is 78.7 Å². The molecule has 3 rings (SSSR count). The summed E-state index contributed by atoms with van der Waals surface area (Å²) in [6.45, 7) is 7.46. The summed E-state index contributed by atoms with van der Waals surface area (Å²) in [5.74, 6) is 0. The van der Waals surface area contributed by atoms with Gasteiger partial charge in [0.1, 0.15) is 0 Å². The number of hydrogen-bond donors (Lipinski definition) is 1. The molecule has 0 radical (unpaired) electrons. The van der Waals surface area contributed by atoms with E-state index in [1.807, 2.05) is 0 Å². The van der Waals surface area contributed by atoms with Crippen LogP contribution in [-0.2, 0) is 13.1 Å². The second-order valence-electron chi connectivity index (χ2n) is 6.21. The Morgan fingerprint density at radius 1 is 1.00 bits per heavy atom. The van der Waals surface area contributed by atoms with Gasteiger partial charge in [-0.2, -0.15) is 0 Å². The van der Waals surface area contributed by atoms with Crippen LogP contribution in [0.2, 0.25) is 0 Å². The van der Waals surface area contributed by atoms with Crippen LogP contribution in [0.3, 0.4) is 0 Å². The molecule has 2 aromatic rings. The van der Waals surface area contributed by atoms with Crippen LogP contribution >= 0.6 is 0 Å². The van der Waals surface area contributed by atoms with Crippen LogP contribution in [-0.4, -0.2) is 12.1 Å². The molecule has 2 aromatic carbocycles. The number of rotatable bonds is 2. The van der Waals surface area contributed by atoms with Gasteiger partial charge in [0.25, 0.3) is 0 Å². The van der Waals surface area contributed by atoms with Crippen molar-refractivity contribution in [2.24, 2.45) is 0 Å². The van der Waals surface area contributed by atoms with Crippen LogP contribution in [0.5, 0.6) is 0 Å². The number of nitrogens with zero attached hydrogens (tertiary/aromatic N) is 1. The zero-order valence-corrected chi connectivity index (χ0v) is 12.3. The van der Waals surface area contributed by atoms with Crippen molar-refractivity contribution in [3.63, 3.8) is 0 Å². The van der Waals surface area contributed by atoms with Crippen LogP contribution in [0.15, 0.2) is 54.6 Å². The lowest BCUT2D eigenvalue weighted by molar-refractivity contribution is 0.395. The van der Waals surface area contributed by atoms with Crippen LogP contribution in [0.25, 0.3) is 0 Å². The summed E-state index contributed by atoms with van der Waals surface area (Å²) in [7, 11) is 0. The lowest BCUT2D eigenvalue weighted by Gasteiger charge is -2.32. The van der Waals surface area contributed by atoms with E-state index in [-0.39, 0.29) is 5.54 Å². The van der Waals surface area contributed by atoms with Gasteiger partial charge < -0.3 is 10.2 Å². The number of hydrogen-bond acceptors (Lipinski definition) is 2. The van der Waals surface area contributed by atoms with Gasteiger partial charge in [0.05, 0.1) is 0 Å². The molecule has 0 bridgehead atoms. The predicted octanol–water partition coefficient (Wildman–Crippen LogP) is 3.58. The maximum atomic E-state index is 3.65. The van der Waals surface area contributed by atoms with E-state index in [1.54, 1.807) is 0 Å². The minimum Gasteiger partial charge on any atom is -0.365 e. The zero-order valence-electron chi connectivity index (χ0n) is 12.3. The van der Waals surface area contributed by atoms with Gasteiger partial charge in [-0.3, -0.25) is 0 Å². The maximum Gasteiger partial charge on any atom is 0.0430 e. The summed E-state index contributed by atoms with van der Waals surface area (Å²) < 4.78 is 0. The highest BCUT2D eigenvalue weighted by molar-refractivity contribution is 5.55. The Morgan fingerprint density at radius 3 is 2.50 bits per heavy atom. The lowest BCUT2D eigenvalue weighted by atomic mass is 10.0. The standard InChI is InChI=1S/C18H22N2/c1-18(2)14-20(13-15-8-4-3-5-9-15)17-11-7-6-10-16(17)12-19-18/h3-11,19H,12-14H2,1-2H3. The average Bonchev–Trinajstić information content (AvgIpc) is 2.57. The second-order valence-corrected chi connectivity index (χ2v) is 6.21.